The third-order valence-corrected chi connectivity index (χ3v) is 6.36. The van der Waals surface area contributed by atoms with Crippen molar-refractivity contribution in [1.82, 2.24) is 19.7 Å². The van der Waals surface area contributed by atoms with Crippen molar-refractivity contribution in [2.75, 3.05) is 0 Å². The normalized spacial score (nSPS) is 14.1. The molecule has 0 fully saturated rings. The molecule has 1 aromatic carbocycles. The van der Waals surface area contributed by atoms with E-state index in [1.165, 1.54) is 11.3 Å². The van der Waals surface area contributed by atoms with E-state index in [1.54, 1.807) is 18.4 Å². The van der Waals surface area contributed by atoms with E-state index in [0.717, 1.165) is 24.2 Å². The second-order valence-corrected chi connectivity index (χ2v) is 8.18. The van der Waals surface area contributed by atoms with Crippen LogP contribution < -0.4 is 5.56 Å². The molecule has 0 unspecified atom stereocenters. The molecule has 8 nitrogen and oxygen atoms in total. The number of hydrogen-bond acceptors (Lipinski definition) is 8. The van der Waals surface area contributed by atoms with Crippen LogP contribution in [-0.2, 0) is 17.7 Å². The predicted octanol–water partition coefficient (Wildman–Crippen LogP) is 3.68. The summed E-state index contributed by atoms with van der Waals surface area (Å²) in [5, 5.41) is 8.53. The first-order valence-electron chi connectivity index (χ1n) is 9.65. The van der Waals surface area contributed by atoms with Gasteiger partial charge in [-0.25, -0.2) is 9.78 Å². The maximum atomic E-state index is 12.8. The summed E-state index contributed by atoms with van der Waals surface area (Å²) in [6.45, 7) is 4.10. The topological polar surface area (TPSA) is 100 Å². The van der Waals surface area contributed by atoms with Crippen LogP contribution in [0.3, 0.4) is 0 Å². The highest BCUT2D eigenvalue weighted by Gasteiger charge is 2.26. The minimum absolute atomic E-state index is 0.0854. The summed E-state index contributed by atoms with van der Waals surface area (Å²) >= 11 is 1.19. The van der Waals surface area contributed by atoms with Gasteiger partial charge in [0.05, 0.1) is 5.39 Å². The van der Waals surface area contributed by atoms with Gasteiger partial charge < -0.3 is 9.15 Å². The van der Waals surface area contributed by atoms with E-state index in [0.29, 0.717) is 33.1 Å². The third kappa shape index (κ3) is 3.02. The SMILES string of the molecule is Cc1c(C(=O)O[C@@H](C)c2nnc(-c3ccccc3)o2)sc2nc3n(c(=O)c12)CCC3. The van der Waals surface area contributed by atoms with Crippen LogP contribution in [0.25, 0.3) is 21.7 Å². The van der Waals surface area contributed by atoms with Crippen molar-refractivity contribution in [3.05, 3.63) is 62.8 Å². The molecule has 152 valence electrons. The predicted molar refractivity (Wildman–Crippen MR) is 111 cm³/mol. The number of benzene rings is 1. The number of carbonyl (C=O) groups is 1. The van der Waals surface area contributed by atoms with Gasteiger partial charge >= 0.3 is 5.97 Å². The molecule has 1 aliphatic heterocycles. The second-order valence-electron chi connectivity index (χ2n) is 7.18. The van der Waals surface area contributed by atoms with Crippen molar-refractivity contribution in [2.24, 2.45) is 0 Å². The van der Waals surface area contributed by atoms with Gasteiger partial charge in [0.15, 0.2) is 6.10 Å². The zero-order valence-electron chi connectivity index (χ0n) is 16.4. The summed E-state index contributed by atoms with van der Waals surface area (Å²) in [4.78, 5) is 31.2. The van der Waals surface area contributed by atoms with Crippen LogP contribution in [0.1, 0.15) is 46.4 Å². The second kappa shape index (κ2) is 7.17. The molecule has 1 atom stereocenters. The molecule has 0 aliphatic carbocycles. The Labute approximate surface area is 175 Å². The van der Waals surface area contributed by atoms with Crippen molar-refractivity contribution >= 4 is 27.5 Å². The molecule has 0 saturated carbocycles. The Balaban J connectivity index is 1.41. The number of esters is 1. The molecule has 0 radical (unpaired) electrons. The lowest BCUT2D eigenvalue weighted by molar-refractivity contribution is 0.0285. The Morgan fingerprint density at radius 1 is 1.27 bits per heavy atom. The van der Waals surface area contributed by atoms with Crippen LogP contribution in [0.2, 0.25) is 0 Å². The summed E-state index contributed by atoms with van der Waals surface area (Å²) in [6, 6.07) is 9.36. The van der Waals surface area contributed by atoms with Crippen molar-refractivity contribution < 1.29 is 13.9 Å². The molecular formula is C21H18N4O4S. The molecule has 5 rings (SSSR count). The standard InChI is InChI=1S/C21H18N4O4S/c1-11-15-19(22-14-9-6-10-25(14)20(15)26)30-16(11)21(27)28-12(2)17-23-24-18(29-17)13-7-4-3-5-8-13/h3-5,7-8,12H,6,9-10H2,1-2H3/t12-/m0/s1. The van der Waals surface area contributed by atoms with E-state index in [-0.39, 0.29) is 11.4 Å². The minimum Gasteiger partial charge on any atom is -0.448 e. The molecule has 0 N–H and O–H groups in total. The van der Waals surface area contributed by atoms with Gasteiger partial charge in [-0.15, -0.1) is 21.5 Å². The molecule has 30 heavy (non-hydrogen) atoms. The first-order chi connectivity index (χ1) is 14.5. The summed E-state index contributed by atoms with van der Waals surface area (Å²) in [5.74, 6) is 0.810. The summed E-state index contributed by atoms with van der Waals surface area (Å²) in [6.07, 6.45) is 0.964. The molecule has 4 aromatic rings. The monoisotopic (exact) mass is 422 g/mol. The number of thiophene rings is 1. The fourth-order valence-corrected chi connectivity index (χ4v) is 4.70. The van der Waals surface area contributed by atoms with E-state index < -0.39 is 12.1 Å². The van der Waals surface area contributed by atoms with Crippen LogP contribution in [0.5, 0.6) is 0 Å². The fraction of sp³-hybridized carbons (Fsp3) is 0.286. The van der Waals surface area contributed by atoms with Crippen molar-refractivity contribution in [1.29, 1.82) is 0 Å². The first-order valence-corrected chi connectivity index (χ1v) is 10.5. The lowest BCUT2D eigenvalue weighted by Gasteiger charge is -2.08. The molecule has 0 bridgehead atoms. The lowest BCUT2D eigenvalue weighted by atomic mass is 10.2. The summed E-state index contributed by atoms with van der Waals surface area (Å²) < 4.78 is 12.9. The number of rotatable bonds is 4. The molecule has 0 saturated heterocycles. The zero-order chi connectivity index (χ0) is 20.8. The number of aromatic nitrogens is 4. The lowest BCUT2D eigenvalue weighted by Crippen LogP contribution is -2.20. The highest BCUT2D eigenvalue weighted by Crippen LogP contribution is 2.31. The fourth-order valence-electron chi connectivity index (χ4n) is 3.63. The molecular weight excluding hydrogens is 404 g/mol. The molecule has 9 heteroatoms. The van der Waals surface area contributed by atoms with E-state index in [2.05, 4.69) is 15.2 Å². The van der Waals surface area contributed by atoms with Gasteiger partial charge in [0.1, 0.15) is 15.5 Å². The maximum absolute atomic E-state index is 12.8. The number of carbonyl (C=O) groups excluding carboxylic acids is 1. The summed E-state index contributed by atoms with van der Waals surface area (Å²) in [7, 11) is 0. The van der Waals surface area contributed by atoms with Gasteiger partial charge in [-0.2, -0.15) is 0 Å². The number of nitrogens with zero attached hydrogens (tertiary/aromatic N) is 4. The van der Waals surface area contributed by atoms with E-state index >= 15 is 0 Å². The van der Waals surface area contributed by atoms with E-state index in [9.17, 15) is 9.59 Å². The molecule has 0 spiro atoms. The maximum Gasteiger partial charge on any atom is 0.349 e. The molecule has 1 aliphatic rings. The highest BCUT2D eigenvalue weighted by molar-refractivity contribution is 7.20. The van der Waals surface area contributed by atoms with E-state index in [1.807, 2.05) is 30.3 Å². The van der Waals surface area contributed by atoms with Gasteiger partial charge in [-0.1, -0.05) is 18.2 Å². The Morgan fingerprint density at radius 2 is 2.07 bits per heavy atom. The van der Waals surface area contributed by atoms with Gasteiger partial charge in [0.25, 0.3) is 11.4 Å². The Bertz CT molecular complexity index is 1320. The number of fused-ring (bicyclic) bond motifs is 2. The average molecular weight is 422 g/mol. The van der Waals surface area contributed by atoms with Gasteiger partial charge in [-0.05, 0) is 38.0 Å². The minimum atomic E-state index is -0.730. The Hall–Kier alpha value is -3.33. The third-order valence-electron chi connectivity index (χ3n) is 5.19. The van der Waals surface area contributed by atoms with Crippen LogP contribution in [-0.4, -0.2) is 25.7 Å². The molecule has 0 amide bonds. The molecule has 3 aromatic heterocycles. The molecule has 4 heterocycles. The first kappa shape index (κ1) is 18.7. The van der Waals surface area contributed by atoms with Crippen LogP contribution >= 0.6 is 11.3 Å². The number of aryl methyl sites for hydroxylation is 2. The van der Waals surface area contributed by atoms with Crippen LogP contribution in [0, 0.1) is 6.92 Å². The van der Waals surface area contributed by atoms with Gasteiger partial charge in [0.2, 0.25) is 5.89 Å². The van der Waals surface area contributed by atoms with E-state index in [4.69, 9.17) is 9.15 Å². The van der Waals surface area contributed by atoms with Crippen LogP contribution in [0.4, 0.5) is 0 Å². The number of hydrogen-bond donors (Lipinski definition) is 0. The highest BCUT2D eigenvalue weighted by atomic mass is 32.1. The van der Waals surface area contributed by atoms with Crippen LogP contribution in [0.15, 0.2) is 39.5 Å². The number of ether oxygens (including phenoxy) is 1. The van der Waals surface area contributed by atoms with Crippen molar-refractivity contribution in [3.8, 4) is 11.5 Å². The Kier molecular flexibility index (Phi) is 4.47. The quantitative estimate of drug-likeness (QED) is 0.463. The van der Waals surface area contributed by atoms with Gasteiger partial charge in [0, 0.05) is 18.5 Å². The largest absolute Gasteiger partial charge is 0.448 e. The average Bonchev–Trinajstić information content (AvgIpc) is 3.47. The van der Waals surface area contributed by atoms with Crippen molar-refractivity contribution in [2.45, 2.75) is 39.3 Å². The smallest absolute Gasteiger partial charge is 0.349 e. The summed E-state index contributed by atoms with van der Waals surface area (Å²) in [5.41, 5.74) is 1.30. The van der Waals surface area contributed by atoms with Crippen molar-refractivity contribution in [3.63, 3.8) is 0 Å². The zero-order valence-corrected chi connectivity index (χ0v) is 17.2. The Morgan fingerprint density at radius 3 is 2.87 bits per heavy atom. The van der Waals surface area contributed by atoms with Gasteiger partial charge in [-0.3, -0.25) is 9.36 Å².